The summed E-state index contributed by atoms with van der Waals surface area (Å²) in [5, 5.41) is 3.85. The molecule has 2 aromatic carbocycles. The Morgan fingerprint density at radius 2 is 1.77 bits per heavy atom. The van der Waals surface area contributed by atoms with Crippen LogP contribution in [0.25, 0.3) is 0 Å². The zero-order chi connectivity index (χ0) is 18.7. The van der Waals surface area contributed by atoms with Crippen LogP contribution in [0.4, 0.5) is 0 Å². The molecule has 1 fully saturated rings. The third kappa shape index (κ3) is 3.87. The summed E-state index contributed by atoms with van der Waals surface area (Å²) in [6, 6.07) is 15.7. The van der Waals surface area contributed by atoms with Crippen LogP contribution in [0.1, 0.15) is 30.0 Å². The molecule has 0 radical (unpaired) electrons. The van der Waals surface area contributed by atoms with Crippen molar-refractivity contribution in [3.05, 3.63) is 64.7 Å². The molecular formula is C21H25ClN2O2. The summed E-state index contributed by atoms with van der Waals surface area (Å²) in [4.78, 5) is 15.0. The van der Waals surface area contributed by atoms with E-state index in [2.05, 4.69) is 10.2 Å². The molecule has 0 spiro atoms. The first kappa shape index (κ1) is 18.7. The molecule has 1 saturated carbocycles. The van der Waals surface area contributed by atoms with Crippen molar-refractivity contribution in [1.82, 2.24) is 10.2 Å². The molecule has 0 aliphatic heterocycles. The number of nitrogens with one attached hydrogen (secondary N) is 1. The fourth-order valence-corrected chi connectivity index (χ4v) is 3.45. The van der Waals surface area contributed by atoms with Crippen LogP contribution < -0.4 is 10.1 Å². The average molecular weight is 373 g/mol. The Bertz CT molecular complexity index is 753. The van der Waals surface area contributed by atoms with E-state index in [0.29, 0.717) is 11.6 Å². The lowest BCUT2D eigenvalue weighted by molar-refractivity contribution is -0.123. The van der Waals surface area contributed by atoms with E-state index in [9.17, 15) is 4.79 Å². The quantitative estimate of drug-likeness (QED) is 0.803. The normalized spacial score (nSPS) is 16.2. The maximum absolute atomic E-state index is 12.9. The minimum absolute atomic E-state index is 0.0974. The number of halogens is 1. The van der Waals surface area contributed by atoms with Crippen molar-refractivity contribution in [3.63, 3.8) is 0 Å². The van der Waals surface area contributed by atoms with Gasteiger partial charge >= 0.3 is 0 Å². The number of benzene rings is 2. The lowest BCUT2D eigenvalue weighted by Gasteiger charge is -2.26. The SMILES string of the molecule is COc1ccc(C(CNC(=O)C2(c3ccc(Cl)cc3)CC2)N(C)C)cc1. The number of hydrogen-bond donors (Lipinski definition) is 1. The van der Waals surface area contributed by atoms with Crippen molar-refractivity contribution in [1.29, 1.82) is 0 Å². The number of likely N-dealkylation sites (N-methyl/N-ethyl adjacent to an activating group) is 1. The van der Waals surface area contributed by atoms with Crippen molar-refractivity contribution < 1.29 is 9.53 Å². The van der Waals surface area contributed by atoms with Gasteiger partial charge in [0.1, 0.15) is 5.75 Å². The van der Waals surface area contributed by atoms with Crippen LogP contribution in [0.15, 0.2) is 48.5 Å². The number of ether oxygens (including phenoxy) is 1. The summed E-state index contributed by atoms with van der Waals surface area (Å²) in [6.45, 7) is 0.563. The molecule has 0 bridgehead atoms. The van der Waals surface area contributed by atoms with Gasteiger partial charge < -0.3 is 15.0 Å². The predicted molar refractivity (Wildman–Crippen MR) is 105 cm³/mol. The lowest BCUT2D eigenvalue weighted by Crippen LogP contribution is -2.40. The highest BCUT2D eigenvalue weighted by atomic mass is 35.5. The number of rotatable bonds is 7. The van der Waals surface area contributed by atoms with Gasteiger partial charge in [0.15, 0.2) is 0 Å². The minimum atomic E-state index is -0.388. The second-order valence-electron chi connectivity index (χ2n) is 7.05. The summed E-state index contributed by atoms with van der Waals surface area (Å²) >= 11 is 5.97. The number of carbonyl (C=O) groups excluding carboxylic acids is 1. The second-order valence-corrected chi connectivity index (χ2v) is 7.49. The van der Waals surface area contributed by atoms with Crippen molar-refractivity contribution in [2.75, 3.05) is 27.7 Å². The molecule has 4 nitrogen and oxygen atoms in total. The van der Waals surface area contributed by atoms with Gasteiger partial charge in [0.05, 0.1) is 18.6 Å². The van der Waals surface area contributed by atoms with Crippen LogP contribution in [-0.4, -0.2) is 38.6 Å². The van der Waals surface area contributed by atoms with Crippen LogP contribution >= 0.6 is 11.6 Å². The Morgan fingerprint density at radius 1 is 1.15 bits per heavy atom. The summed E-state index contributed by atoms with van der Waals surface area (Å²) in [5.74, 6) is 0.926. The summed E-state index contributed by atoms with van der Waals surface area (Å²) in [6.07, 6.45) is 1.77. The van der Waals surface area contributed by atoms with E-state index in [4.69, 9.17) is 16.3 Å². The third-order valence-electron chi connectivity index (χ3n) is 5.16. The van der Waals surface area contributed by atoms with Crippen LogP contribution in [0.2, 0.25) is 5.02 Å². The minimum Gasteiger partial charge on any atom is -0.497 e. The first-order valence-corrected chi connectivity index (χ1v) is 9.19. The first-order chi connectivity index (χ1) is 12.5. The molecule has 138 valence electrons. The molecule has 1 aliphatic carbocycles. The number of methoxy groups -OCH3 is 1. The Labute approximate surface area is 160 Å². The van der Waals surface area contributed by atoms with E-state index in [1.54, 1.807) is 7.11 Å². The summed E-state index contributed by atoms with van der Waals surface area (Å²) in [7, 11) is 5.70. The van der Waals surface area contributed by atoms with Crippen molar-refractivity contribution in [2.45, 2.75) is 24.3 Å². The summed E-state index contributed by atoms with van der Waals surface area (Å²) in [5.41, 5.74) is 1.80. The van der Waals surface area contributed by atoms with Crippen molar-refractivity contribution in [3.8, 4) is 5.75 Å². The molecule has 0 saturated heterocycles. The highest BCUT2D eigenvalue weighted by Crippen LogP contribution is 2.48. The van der Waals surface area contributed by atoms with Gasteiger partial charge in [-0.25, -0.2) is 0 Å². The van der Waals surface area contributed by atoms with Gasteiger partial charge in [-0.3, -0.25) is 4.79 Å². The molecule has 2 aromatic rings. The third-order valence-corrected chi connectivity index (χ3v) is 5.41. The fourth-order valence-electron chi connectivity index (χ4n) is 3.32. The molecule has 0 aromatic heterocycles. The Morgan fingerprint density at radius 3 is 2.27 bits per heavy atom. The zero-order valence-electron chi connectivity index (χ0n) is 15.5. The maximum atomic E-state index is 12.9. The van der Waals surface area contributed by atoms with Gasteiger partial charge in [-0.2, -0.15) is 0 Å². The zero-order valence-corrected chi connectivity index (χ0v) is 16.2. The van der Waals surface area contributed by atoms with Gasteiger partial charge in [-0.15, -0.1) is 0 Å². The molecule has 26 heavy (non-hydrogen) atoms. The van der Waals surface area contributed by atoms with Gasteiger partial charge in [0, 0.05) is 11.6 Å². The largest absolute Gasteiger partial charge is 0.497 e. The van der Waals surface area contributed by atoms with E-state index in [1.165, 1.54) is 0 Å². The molecule has 3 rings (SSSR count). The summed E-state index contributed by atoms with van der Waals surface area (Å²) < 4.78 is 5.23. The molecule has 1 aliphatic rings. The Balaban J connectivity index is 1.69. The first-order valence-electron chi connectivity index (χ1n) is 8.81. The highest BCUT2D eigenvalue weighted by molar-refractivity contribution is 6.30. The monoisotopic (exact) mass is 372 g/mol. The second kappa shape index (κ2) is 7.68. The van der Waals surface area contributed by atoms with Crippen LogP contribution in [0, 0.1) is 0 Å². The van der Waals surface area contributed by atoms with Crippen molar-refractivity contribution in [2.24, 2.45) is 0 Å². The van der Waals surface area contributed by atoms with E-state index < -0.39 is 0 Å². The molecular weight excluding hydrogens is 348 g/mol. The van der Waals surface area contributed by atoms with E-state index >= 15 is 0 Å². The fraction of sp³-hybridized carbons (Fsp3) is 0.381. The van der Waals surface area contributed by atoms with Gasteiger partial charge in [-0.05, 0) is 62.3 Å². The van der Waals surface area contributed by atoms with Crippen LogP contribution in [0.3, 0.4) is 0 Å². The molecule has 0 heterocycles. The molecule has 1 atom stereocenters. The lowest BCUT2D eigenvalue weighted by atomic mass is 9.94. The van der Waals surface area contributed by atoms with E-state index in [-0.39, 0.29) is 17.4 Å². The highest BCUT2D eigenvalue weighted by Gasteiger charge is 2.51. The van der Waals surface area contributed by atoms with Crippen LogP contribution in [-0.2, 0) is 10.2 Å². The molecule has 1 N–H and O–H groups in total. The molecule has 1 unspecified atom stereocenters. The number of carbonyl (C=O) groups is 1. The van der Waals surface area contributed by atoms with E-state index in [1.807, 2.05) is 62.6 Å². The van der Waals surface area contributed by atoms with E-state index in [0.717, 1.165) is 29.7 Å². The Kier molecular flexibility index (Phi) is 5.54. The topological polar surface area (TPSA) is 41.6 Å². The van der Waals surface area contributed by atoms with Crippen LogP contribution in [0.5, 0.6) is 5.75 Å². The average Bonchev–Trinajstić information content (AvgIpc) is 3.44. The standard InChI is InChI=1S/C21H25ClN2O2/c1-24(2)19(15-4-10-18(26-3)11-5-15)14-23-20(25)21(12-13-21)16-6-8-17(22)9-7-16/h4-11,19H,12-14H2,1-3H3,(H,23,25). The number of hydrogen-bond acceptors (Lipinski definition) is 3. The van der Waals surface area contributed by atoms with Gasteiger partial charge in [0.25, 0.3) is 0 Å². The predicted octanol–water partition coefficient (Wildman–Crippen LogP) is 3.80. The Hall–Kier alpha value is -2.04. The smallest absolute Gasteiger partial charge is 0.230 e. The van der Waals surface area contributed by atoms with Gasteiger partial charge in [0.2, 0.25) is 5.91 Å². The van der Waals surface area contributed by atoms with Gasteiger partial charge in [-0.1, -0.05) is 35.9 Å². The number of amides is 1. The maximum Gasteiger partial charge on any atom is 0.230 e. The van der Waals surface area contributed by atoms with Crippen molar-refractivity contribution >= 4 is 17.5 Å². The molecule has 5 heteroatoms. The molecule has 1 amide bonds. The number of nitrogens with zero attached hydrogens (tertiary/aromatic N) is 1.